The maximum absolute atomic E-state index is 13.9. The molecule has 0 saturated heterocycles. The van der Waals surface area contributed by atoms with Gasteiger partial charge in [-0.15, -0.1) is 0 Å². The van der Waals surface area contributed by atoms with E-state index in [2.05, 4.69) is 38.3 Å². The van der Waals surface area contributed by atoms with Crippen LogP contribution in [0, 0.1) is 23.7 Å². The third-order valence-electron chi connectivity index (χ3n) is 9.06. The Hall–Kier alpha value is -6.04. The van der Waals surface area contributed by atoms with Crippen LogP contribution in [-0.4, -0.2) is 60.4 Å². The van der Waals surface area contributed by atoms with Crippen LogP contribution in [-0.2, 0) is 0 Å². The van der Waals surface area contributed by atoms with E-state index in [1.165, 1.54) is 36.4 Å². The first-order valence-corrected chi connectivity index (χ1v) is 19.7. The first kappa shape index (κ1) is 44.7. The lowest BCUT2D eigenvalue weighted by Gasteiger charge is -2.19. The SMILES string of the molecule is CCC(C)COc1cc(-c2ccc(C(=O)Nc3ccc(C(=O)O)cc3OCC(C)C)c(OCCC(C)C)c2)ccc1C(=O)Nc1ccc(C(=O)O)cc1OCC(C)C. The summed E-state index contributed by atoms with van der Waals surface area (Å²) in [4.78, 5) is 51.1. The van der Waals surface area contributed by atoms with E-state index in [-0.39, 0.29) is 51.5 Å². The molecule has 0 spiro atoms. The molecule has 58 heavy (non-hydrogen) atoms. The van der Waals surface area contributed by atoms with Crippen molar-refractivity contribution < 1.29 is 48.3 Å². The van der Waals surface area contributed by atoms with E-state index in [4.69, 9.17) is 18.9 Å². The molecule has 12 nitrogen and oxygen atoms in total. The van der Waals surface area contributed by atoms with Crippen molar-refractivity contribution in [3.63, 3.8) is 0 Å². The molecule has 12 heteroatoms. The third kappa shape index (κ3) is 12.7. The molecule has 4 aromatic rings. The van der Waals surface area contributed by atoms with E-state index in [0.29, 0.717) is 66.3 Å². The Balaban J connectivity index is 1.71. The molecule has 0 saturated carbocycles. The lowest BCUT2D eigenvalue weighted by Crippen LogP contribution is -2.17. The van der Waals surface area contributed by atoms with Crippen molar-refractivity contribution in [2.24, 2.45) is 23.7 Å². The van der Waals surface area contributed by atoms with E-state index in [0.717, 1.165) is 12.8 Å². The average molecular weight is 797 g/mol. The monoisotopic (exact) mass is 796 g/mol. The second kappa shape index (κ2) is 20.9. The summed E-state index contributed by atoms with van der Waals surface area (Å²) in [7, 11) is 0. The molecule has 0 bridgehead atoms. The minimum Gasteiger partial charge on any atom is -0.493 e. The number of ether oxygens (including phenoxy) is 4. The van der Waals surface area contributed by atoms with E-state index in [1.807, 2.05) is 27.7 Å². The van der Waals surface area contributed by atoms with Crippen LogP contribution >= 0.6 is 0 Å². The van der Waals surface area contributed by atoms with Gasteiger partial charge in [-0.2, -0.15) is 0 Å². The molecule has 0 aliphatic carbocycles. The predicted molar refractivity (Wildman–Crippen MR) is 225 cm³/mol. The van der Waals surface area contributed by atoms with Crippen LogP contribution < -0.4 is 29.6 Å². The molecule has 0 fully saturated rings. The Bertz CT molecular complexity index is 2070. The largest absolute Gasteiger partial charge is 0.493 e. The highest BCUT2D eigenvalue weighted by atomic mass is 16.5. The Labute approximate surface area is 340 Å². The summed E-state index contributed by atoms with van der Waals surface area (Å²) in [5.41, 5.74) is 2.64. The van der Waals surface area contributed by atoms with Gasteiger partial charge in [-0.3, -0.25) is 9.59 Å². The number of carbonyl (C=O) groups excluding carboxylic acids is 2. The fraction of sp³-hybridized carbons (Fsp3) is 0.391. The molecule has 4 aromatic carbocycles. The number of carboxylic acids is 2. The summed E-state index contributed by atoms with van der Waals surface area (Å²) >= 11 is 0. The highest BCUT2D eigenvalue weighted by Gasteiger charge is 2.21. The fourth-order valence-electron chi connectivity index (χ4n) is 5.42. The van der Waals surface area contributed by atoms with Gasteiger partial charge in [0.05, 0.1) is 60.1 Å². The number of benzene rings is 4. The quantitative estimate of drug-likeness (QED) is 0.0636. The second-order valence-corrected chi connectivity index (χ2v) is 15.6. The molecular formula is C46H56N2O10. The van der Waals surface area contributed by atoms with Gasteiger partial charge in [0.15, 0.2) is 0 Å². The van der Waals surface area contributed by atoms with E-state index < -0.39 is 23.8 Å². The second-order valence-electron chi connectivity index (χ2n) is 15.6. The van der Waals surface area contributed by atoms with Crippen LogP contribution in [0.5, 0.6) is 23.0 Å². The van der Waals surface area contributed by atoms with Crippen molar-refractivity contribution in [2.75, 3.05) is 37.1 Å². The first-order chi connectivity index (χ1) is 27.6. The minimum absolute atomic E-state index is 0.0320. The molecule has 1 unspecified atom stereocenters. The first-order valence-electron chi connectivity index (χ1n) is 19.7. The van der Waals surface area contributed by atoms with Crippen molar-refractivity contribution in [1.82, 2.24) is 0 Å². The van der Waals surface area contributed by atoms with Gasteiger partial charge in [-0.1, -0.05) is 73.9 Å². The van der Waals surface area contributed by atoms with Crippen molar-refractivity contribution in [1.29, 1.82) is 0 Å². The summed E-state index contributed by atoms with van der Waals surface area (Å²) in [5.74, 6) is -1.13. The molecule has 2 amide bonds. The lowest BCUT2D eigenvalue weighted by atomic mass is 10.00. The molecule has 0 aromatic heterocycles. The maximum Gasteiger partial charge on any atom is 0.335 e. The standard InChI is InChI=1S/C46H56N2O10/c1-9-30(8)26-58-40-21-32(11-15-36(40)44(50)48-38-17-13-34(46(53)54)23-42(38)57-25-29(6)7)31-10-14-35(39(20-31)55-19-18-27(2)3)43(49)47-37-16-12-33(45(51)52)22-41(37)56-24-28(4)5/h10-17,20-23,27-30H,9,18-19,24-26H2,1-8H3,(H,47,49)(H,48,50)(H,51,52)(H,53,54). The molecule has 4 rings (SSSR count). The van der Waals surface area contributed by atoms with Crippen LogP contribution in [0.4, 0.5) is 11.4 Å². The van der Waals surface area contributed by atoms with Gasteiger partial charge in [-0.05, 0) is 102 Å². The van der Waals surface area contributed by atoms with E-state index in [9.17, 15) is 29.4 Å². The van der Waals surface area contributed by atoms with Crippen LogP contribution in [0.1, 0.15) is 110 Å². The average Bonchev–Trinajstić information content (AvgIpc) is 3.18. The van der Waals surface area contributed by atoms with Gasteiger partial charge >= 0.3 is 11.9 Å². The van der Waals surface area contributed by atoms with Gasteiger partial charge in [0.2, 0.25) is 0 Å². The van der Waals surface area contributed by atoms with Crippen LogP contribution in [0.3, 0.4) is 0 Å². The van der Waals surface area contributed by atoms with Crippen molar-refractivity contribution in [2.45, 2.75) is 68.2 Å². The van der Waals surface area contributed by atoms with Crippen molar-refractivity contribution >= 4 is 35.1 Å². The smallest absolute Gasteiger partial charge is 0.335 e. The Morgan fingerprint density at radius 1 is 0.534 bits per heavy atom. The summed E-state index contributed by atoms with van der Waals surface area (Å²) in [6.45, 7) is 17.5. The highest BCUT2D eigenvalue weighted by molar-refractivity contribution is 6.09. The molecule has 0 radical (unpaired) electrons. The number of rotatable bonds is 21. The highest BCUT2D eigenvalue weighted by Crippen LogP contribution is 2.35. The third-order valence-corrected chi connectivity index (χ3v) is 9.06. The van der Waals surface area contributed by atoms with Crippen molar-refractivity contribution in [3.8, 4) is 34.1 Å². The number of nitrogens with one attached hydrogen (secondary N) is 2. The van der Waals surface area contributed by atoms with Crippen LogP contribution in [0.2, 0.25) is 0 Å². The number of hydrogen-bond acceptors (Lipinski definition) is 8. The molecule has 4 N–H and O–H groups in total. The molecule has 0 aliphatic rings. The summed E-state index contributed by atoms with van der Waals surface area (Å²) in [5, 5.41) is 24.9. The Morgan fingerprint density at radius 3 is 1.36 bits per heavy atom. The molecular weight excluding hydrogens is 741 g/mol. The van der Waals surface area contributed by atoms with Gasteiger partial charge < -0.3 is 39.8 Å². The minimum atomic E-state index is -1.11. The number of amides is 2. The number of anilines is 2. The zero-order chi connectivity index (χ0) is 42.5. The van der Waals surface area contributed by atoms with E-state index in [1.54, 1.807) is 36.4 Å². The van der Waals surface area contributed by atoms with Gasteiger partial charge in [0.1, 0.15) is 23.0 Å². The van der Waals surface area contributed by atoms with Crippen molar-refractivity contribution in [3.05, 3.63) is 95.1 Å². The number of carboxylic acid groups (broad SMARTS) is 2. The molecule has 0 heterocycles. The van der Waals surface area contributed by atoms with Gasteiger partial charge in [-0.25, -0.2) is 9.59 Å². The molecule has 1 atom stereocenters. The zero-order valence-electron chi connectivity index (χ0n) is 34.6. The number of aromatic carboxylic acids is 2. The predicted octanol–water partition coefficient (Wildman–Crippen LogP) is 10.2. The van der Waals surface area contributed by atoms with Crippen LogP contribution in [0.15, 0.2) is 72.8 Å². The lowest BCUT2D eigenvalue weighted by molar-refractivity contribution is 0.0685. The normalized spacial score (nSPS) is 11.6. The molecule has 0 aliphatic heterocycles. The Morgan fingerprint density at radius 2 is 0.966 bits per heavy atom. The zero-order valence-corrected chi connectivity index (χ0v) is 34.6. The van der Waals surface area contributed by atoms with Gasteiger partial charge in [0.25, 0.3) is 11.8 Å². The summed E-state index contributed by atoms with van der Waals surface area (Å²) in [6.07, 6.45) is 1.61. The fourth-order valence-corrected chi connectivity index (χ4v) is 5.42. The van der Waals surface area contributed by atoms with Crippen LogP contribution in [0.25, 0.3) is 11.1 Å². The Kier molecular flexibility index (Phi) is 16.1. The number of hydrogen-bond donors (Lipinski definition) is 4. The van der Waals surface area contributed by atoms with E-state index >= 15 is 0 Å². The van der Waals surface area contributed by atoms with Gasteiger partial charge in [0, 0.05) is 0 Å². The topological polar surface area (TPSA) is 170 Å². The number of carbonyl (C=O) groups is 4. The molecule has 310 valence electrons. The maximum atomic E-state index is 13.9. The summed E-state index contributed by atoms with van der Waals surface area (Å²) in [6, 6.07) is 19.0. The summed E-state index contributed by atoms with van der Waals surface area (Å²) < 4.78 is 24.3.